The van der Waals surface area contributed by atoms with Crippen LogP contribution in [0.2, 0.25) is 0 Å². The number of aryl methyl sites for hydroxylation is 1. The molecule has 2 heterocycles. The van der Waals surface area contributed by atoms with E-state index in [4.69, 9.17) is 20.9 Å². The van der Waals surface area contributed by atoms with Crippen LogP contribution >= 0.6 is 0 Å². The van der Waals surface area contributed by atoms with Crippen molar-refractivity contribution in [2.24, 2.45) is 21.5 Å². The fraction of sp³-hybridized carbons (Fsp3) is 0.286. The Labute approximate surface area is 334 Å². The first-order valence-corrected chi connectivity index (χ1v) is 17.8. The molecule has 4 aromatic rings. The van der Waals surface area contributed by atoms with Crippen molar-refractivity contribution in [2.75, 3.05) is 41.5 Å². The smallest absolute Gasteiger partial charge is 0.387 e. The van der Waals surface area contributed by atoms with E-state index in [0.29, 0.717) is 34.4 Å². The lowest BCUT2D eigenvalue weighted by atomic mass is 9.82. The highest BCUT2D eigenvalue weighted by Crippen LogP contribution is 2.41. The average molecular weight is 805 g/mol. The van der Waals surface area contributed by atoms with Gasteiger partial charge in [0.15, 0.2) is 23.0 Å². The molecule has 2 atom stereocenters. The molecule has 0 radical (unpaired) electrons. The van der Waals surface area contributed by atoms with Crippen molar-refractivity contribution in [3.63, 3.8) is 0 Å². The van der Waals surface area contributed by atoms with Gasteiger partial charge in [-0.15, -0.1) is 0 Å². The second-order valence-electron chi connectivity index (χ2n) is 13.0. The molecule has 0 aromatic heterocycles. The van der Waals surface area contributed by atoms with Crippen LogP contribution in [0.1, 0.15) is 41.2 Å². The molecular weight excluding hydrogens is 760 g/mol. The normalized spacial score (nSPS) is 18.7. The number of methoxy groups -OCH3 is 2. The van der Waals surface area contributed by atoms with Crippen LogP contribution in [-0.4, -0.2) is 88.3 Å². The molecular formula is C42H44F4N6O6. The van der Waals surface area contributed by atoms with E-state index in [0.717, 1.165) is 18.4 Å². The maximum atomic E-state index is 13.2. The Morgan fingerprint density at radius 3 is 1.60 bits per heavy atom. The molecule has 0 bridgehead atoms. The second-order valence-corrected chi connectivity index (χ2v) is 13.0. The predicted molar refractivity (Wildman–Crippen MR) is 210 cm³/mol. The molecule has 4 aromatic carbocycles. The fourth-order valence-electron chi connectivity index (χ4n) is 6.53. The van der Waals surface area contributed by atoms with Crippen LogP contribution in [0.5, 0.6) is 11.5 Å². The summed E-state index contributed by atoms with van der Waals surface area (Å²) in [6.07, 6.45) is 1.62. The maximum Gasteiger partial charge on any atom is 0.387 e. The number of likely N-dealkylation sites (N-methyl/N-ethyl adjacent to an activating group) is 2. The quantitative estimate of drug-likeness (QED) is 0.103. The Morgan fingerprint density at radius 1 is 0.690 bits per heavy atom. The van der Waals surface area contributed by atoms with E-state index in [2.05, 4.69) is 31.3 Å². The highest BCUT2D eigenvalue weighted by atomic mass is 19.3. The molecule has 0 spiro atoms. The van der Waals surface area contributed by atoms with Crippen molar-refractivity contribution in [2.45, 2.75) is 37.1 Å². The molecule has 0 fully saturated rings. The second kappa shape index (κ2) is 18.7. The lowest BCUT2D eigenvalue weighted by Crippen LogP contribution is -2.41. The Kier molecular flexibility index (Phi) is 13.7. The Hall–Kier alpha value is -6.44. The van der Waals surface area contributed by atoms with E-state index in [-0.39, 0.29) is 43.3 Å². The van der Waals surface area contributed by atoms with E-state index in [1.54, 1.807) is 57.7 Å². The summed E-state index contributed by atoms with van der Waals surface area (Å²) in [5.41, 5.74) is 13.0. The van der Waals surface area contributed by atoms with Gasteiger partial charge in [0, 0.05) is 41.9 Å². The average Bonchev–Trinajstić information content (AvgIpc) is 3.58. The molecule has 6 rings (SSSR count). The number of carbonyl (C=O) groups is 2. The van der Waals surface area contributed by atoms with Crippen LogP contribution in [-0.2, 0) is 36.6 Å². The van der Waals surface area contributed by atoms with Crippen molar-refractivity contribution in [1.82, 2.24) is 9.80 Å². The standard InChI is InChI=1S/C21H23F2N3O3.C21H19F2N3O3.H2/c2*1-26-18(27)21(25-20(26)24,15-8-10-17(11-9-15)29-19(22)23)16-7-3-5-14(13-16)6-4-12-28-2;/h3,5,7-11,13,19H,4,6,12H2,1-2H3,(H2,24,25);3,5,7-11,13,19H,12H2,1-2H3,(H2,24,25);1H. The predicted octanol–water partition coefficient (Wildman–Crippen LogP) is 5.46. The number of ether oxygens (including phenoxy) is 4. The third-order valence-corrected chi connectivity index (χ3v) is 9.36. The van der Waals surface area contributed by atoms with Gasteiger partial charge in [0.1, 0.15) is 18.1 Å². The van der Waals surface area contributed by atoms with Gasteiger partial charge >= 0.3 is 13.2 Å². The number of hydrogen-bond donors (Lipinski definition) is 2. The molecule has 4 N–H and O–H groups in total. The monoisotopic (exact) mass is 804 g/mol. The van der Waals surface area contributed by atoms with Gasteiger partial charge in [-0.3, -0.25) is 19.4 Å². The number of halogens is 4. The highest BCUT2D eigenvalue weighted by Gasteiger charge is 2.50. The zero-order valence-electron chi connectivity index (χ0n) is 32.1. The van der Waals surface area contributed by atoms with Crippen molar-refractivity contribution < 1.29 is 47.5 Å². The minimum Gasteiger partial charge on any atom is -0.435 e. The number of nitrogens with two attached hydrogens (primary N) is 2. The zero-order chi connectivity index (χ0) is 42.0. The summed E-state index contributed by atoms with van der Waals surface area (Å²) in [6, 6.07) is 26.3. The van der Waals surface area contributed by atoms with Crippen LogP contribution in [0.25, 0.3) is 0 Å². The number of carbonyl (C=O) groups excluding carboxylic acids is 2. The van der Waals surface area contributed by atoms with E-state index >= 15 is 0 Å². The third-order valence-electron chi connectivity index (χ3n) is 9.36. The van der Waals surface area contributed by atoms with Gasteiger partial charge < -0.3 is 30.4 Å². The molecule has 16 heteroatoms. The van der Waals surface area contributed by atoms with Gasteiger partial charge in [0.05, 0.1) is 0 Å². The maximum absolute atomic E-state index is 13.2. The number of benzene rings is 4. The van der Waals surface area contributed by atoms with Crippen molar-refractivity contribution >= 4 is 23.7 Å². The molecule has 2 aliphatic heterocycles. The molecule has 0 saturated carbocycles. The first kappa shape index (κ1) is 42.7. The van der Waals surface area contributed by atoms with E-state index in [9.17, 15) is 27.2 Å². The number of rotatable bonds is 13. The van der Waals surface area contributed by atoms with Gasteiger partial charge in [-0.25, -0.2) is 9.98 Å². The van der Waals surface area contributed by atoms with Gasteiger partial charge in [-0.2, -0.15) is 17.6 Å². The number of aliphatic imine (C=N–C) groups is 2. The van der Waals surface area contributed by atoms with E-state index in [1.165, 1.54) is 53.2 Å². The molecule has 0 aliphatic carbocycles. The molecule has 0 saturated heterocycles. The summed E-state index contributed by atoms with van der Waals surface area (Å²) in [5.74, 6) is 5.28. The van der Waals surface area contributed by atoms with Crippen molar-refractivity contribution in [3.05, 3.63) is 130 Å². The van der Waals surface area contributed by atoms with Gasteiger partial charge in [0.2, 0.25) is 0 Å². The van der Waals surface area contributed by atoms with Crippen LogP contribution in [0, 0.1) is 11.8 Å². The van der Waals surface area contributed by atoms with Crippen LogP contribution < -0.4 is 20.9 Å². The number of nitrogens with zero attached hydrogens (tertiary/aromatic N) is 4. The SMILES string of the molecule is COCC#Cc1cccc(C2(c3ccc(OC(F)F)cc3)N=C(N)N(C)C2=O)c1.COCCCc1cccc(C2(c3ccc(OC(F)F)cc3)N=C(N)N(C)C2=O)c1.[HH]. The Morgan fingerprint density at radius 2 is 1.17 bits per heavy atom. The van der Waals surface area contributed by atoms with Crippen molar-refractivity contribution in [1.29, 1.82) is 0 Å². The van der Waals surface area contributed by atoms with Gasteiger partial charge in [-0.1, -0.05) is 72.5 Å². The third kappa shape index (κ3) is 9.06. The first-order valence-electron chi connectivity index (χ1n) is 17.8. The summed E-state index contributed by atoms with van der Waals surface area (Å²) in [5, 5.41) is 0. The molecule has 12 nitrogen and oxygen atoms in total. The lowest BCUT2D eigenvalue weighted by molar-refractivity contribution is -0.130. The summed E-state index contributed by atoms with van der Waals surface area (Å²) in [7, 11) is 6.28. The van der Waals surface area contributed by atoms with Crippen molar-refractivity contribution in [3.8, 4) is 23.3 Å². The topological polar surface area (TPSA) is 154 Å². The number of alkyl halides is 4. The minimum absolute atomic E-state index is 0. The number of guanidine groups is 2. The molecule has 2 amide bonds. The first-order chi connectivity index (χ1) is 27.8. The largest absolute Gasteiger partial charge is 0.435 e. The van der Waals surface area contributed by atoms with Crippen LogP contribution in [0.3, 0.4) is 0 Å². The summed E-state index contributed by atoms with van der Waals surface area (Å²) in [4.78, 5) is 37.9. The Bertz CT molecular complexity index is 2220. The lowest BCUT2D eigenvalue weighted by Gasteiger charge is -2.26. The minimum atomic E-state index is -2.94. The molecule has 2 unspecified atom stereocenters. The van der Waals surface area contributed by atoms with E-state index < -0.39 is 24.3 Å². The van der Waals surface area contributed by atoms with Gasteiger partial charge in [0.25, 0.3) is 11.8 Å². The molecule has 306 valence electrons. The van der Waals surface area contributed by atoms with Crippen LogP contribution in [0.15, 0.2) is 107 Å². The van der Waals surface area contributed by atoms with E-state index in [1.807, 2.05) is 24.3 Å². The highest BCUT2D eigenvalue weighted by molar-refractivity contribution is 6.09. The molecule has 58 heavy (non-hydrogen) atoms. The number of hydrogen-bond acceptors (Lipinski definition) is 10. The number of amides is 2. The Balaban J connectivity index is 0.000000256. The summed E-state index contributed by atoms with van der Waals surface area (Å²) in [6.45, 7) is -4.96. The summed E-state index contributed by atoms with van der Waals surface area (Å²) < 4.78 is 68.7. The summed E-state index contributed by atoms with van der Waals surface area (Å²) >= 11 is 0. The molecule has 2 aliphatic rings. The fourth-order valence-corrected chi connectivity index (χ4v) is 6.53. The van der Waals surface area contributed by atoms with Gasteiger partial charge in [-0.05, 0) is 77.1 Å². The zero-order valence-corrected chi connectivity index (χ0v) is 32.1. The van der Waals surface area contributed by atoms with Crippen LogP contribution in [0.4, 0.5) is 17.6 Å².